The molecule has 1 fully saturated rings. The monoisotopic (exact) mass is 374 g/mol. The van der Waals surface area contributed by atoms with Gasteiger partial charge in [-0.05, 0) is 57.2 Å². The molecule has 1 aliphatic heterocycles. The Morgan fingerprint density at radius 3 is 2.35 bits per heavy atom. The second-order valence-corrected chi connectivity index (χ2v) is 7.48. The molecule has 1 aliphatic rings. The van der Waals surface area contributed by atoms with E-state index in [4.69, 9.17) is 15.2 Å². The molecule has 0 spiro atoms. The van der Waals surface area contributed by atoms with Crippen molar-refractivity contribution >= 4 is 11.8 Å². The highest BCUT2D eigenvalue weighted by atomic mass is 19.4. The maximum absolute atomic E-state index is 12.3. The Morgan fingerprint density at radius 1 is 1.19 bits per heavy atom. The van der Waals surface area contributed by atoms with Crippen LogP contribution in [0.25, 0.3) is 0 Å². The third kappa shape index (κ3) is 6.31. The molecule has 8 heteroatoms. The lowest BCUT2D eigenvalue weighted by atomic mass is 9.89. The topological polar surface area (TPSA) is 64.8 Å². The summed E-state index contributed by atoms with van der Waals surface area (Å²) in [4.78, 5) is 13.7. The second-order valence-electron chi connectivity index (χ2n) is 7.48. The lowest BCUT2D eigenvalue weighted by Gasteiger charge is -2.33. The van der Waals surface area contributed by atoms with Crippen LogP contribution in [0.2, 0.25) is 0 Å². The van der Waals surface area contributed by atoms with Gasteiger partial charge in [-0.25, -0.2) is 4.79 Å². The van der Waals surface area contributed by atoms with Crippen molar-refractivity contribution in [3.63, 3.8) is 0 Å². The molecule has 1 aromatic carbocycles. The number of carbonyl (C=O) groups is 1. The molecule has 1 amide bonds. The molecule has 26 heavy (non-hydrogen) atoms. The predicted octanol–water partition coefficient (Wildman–Crippen LogP) is 4.32. The zero-order valence-electron chi connectivity index (χ0n) is 15.2. The van der Waals surface area contributed by atoms with E-state index >= 15 is 0 Å². The van der Waals surface area contributed by atoms with Gasteiger partial charge in [-0.15, -0.1) is 0 Å². The standard InChI is InChI=1S/C18H25F3N2O3/c1-17(2,3)26-16(24)23-6-4-12(5-7-23)13-8-14(22)10-15(9-13)25-11-18(19,20)21/h8-10,12H,4-7,11,22H2,1-3H3. The maximum atomic E-state index is 12.3. The Labute approximate surface area is 151 Å². The number of hydrogen-bond donors (Lipinski definition) is 1. The zero-order chi connectivity index (χ0) is 19.5. The van der Waals surface area contributed by atoms with Gasteiger partial charge in [-0.2, -0.15) is 13.2 Å². The van der Waals surface area contributed by atoms with Crippen LogP contribution in [0.1, 0.15) is 45.1 Å². The average Bonchev–Trinajstić information content (AvgIpc) is 2.50. The molecule has 146 valence electrons. The number of hydrogen-bond acceptors (Lipinski definition) is 4. The number of nitrogens with two attached hydrogens (primary N) is 1. The lowest BCUT2D eigenvalue weighted by molar-refractivity contribution is -0.153. The average molecular weight is 374 g/mol. The summed E-state index contributed by atoms with van der Waals surface area (Å²) in [6.07, 6.45) is -3.38. The summed E-state index contributed by atoms with van der Waals surface area (Å²) in [5.74, 6) is 0.206. The van der Waals surface area contributed by atoms with Crippen LogP contribution in [0.4, 0.5) is 23.7 Å². The van der Waals surface area contributed by atoms with Gasteiger partial charge >= 0.3 is 12.3 Å². The summed E-state index contributed by atoms with van der Waals surface area (Å²) < 4.78 is 47.2. The molecular formula is C18H25F3N2O3. The van der Waals surface area contributed by atoms with Gasteiger partial charge in [-0.3, -0.25) is 0 Å². The van der Waals surface area contributed by atoms with Crippen molar-refractivity contribution in [3.8, 4) is 5.75 Å². The van der Waals surface area contributed by atoms with Crippen LogP contribution >= 0.6 is 0 Å². The van der Waals surface area contributed by atoms with E-state index in [0.29, 0.717) is 31.6 Å². The van der Waals surface area contributed by atoms with Crippen molar-refractivity contribution in [1.82, 2.24) is 4.90 Å². The third-order valence-corrected chi connectivity index (χ3v) is 3.97. The minimum atomic E-state index is -4.40. The molecule has 0 aliphatic carbocycles. The first-order valence-corrected chi connectivity index (χ1v) is 8.51. The number of nitrogens with zero attached hydrogens (tertiary/aromatic N) is 1. The van der Waals surface area contributed by atoms with Gasteiger partial charge < -0.3 is 20.1 Å². The molecule has 2 rings (SSSR count). The second kappa shape index (κ2) is 7.63. The van der Waals surface area contributed by atoms with E-state index in [2.05, 4.69) is 0 Å². The molecule has 0 atom stereocenters. The number of halogens is 3. The van der Waals surface area contributed by atoms with E-state index < -0.39 is 18.4 Å². The number of piperidine rings is 1. The molecule has 0 unspecified atom stereocenters. The molecule has 1 aromatic rings. The lowest BCUT2D eigenvalue weighted by Crippen LogP contribution is -2.41. The summed E-state index contributed by atoms with van der Waals surface area (Å²) in [6, 6.07) is 4.72. The number of carbonyl (C=O) groups excluding carboxylic acids is 1. The minimum absolute atomic E-state index is 0.102. The summed E-state index contributed by atoms with van der Waals surface area (Å²) in [5, 5.41) is 0. The van der Waals surface area contributed by atoms with Crippen molar-refractivity contribution in [2.45, 2.75) is 51.3 Å². The van der Waals surface area contributed by atoms with Crippen LogP contribution in [0.5, 0.6) is 5.75 Å². The minimum Gasteiger partial charge on any atom is -0.484 e. The summed E-state index contributed by atoms with van der Waals surface area (Å²) >= 11 is 0. The molecule has 1 saturated heterocycles. The van der Waals surface area contributed by atoms with Crippen molar-refractivity contribution in [2.75, 3.05) is 25.4 Å². The Morgan fingerprint density at radius 2 is 1.81 bits per heavy atom. The van der Waals surface area contributed by atoms with Crippen LogP contribution in [0.3, 0.4) is 0 Å². The number of rotatable bonds is 3. The van der Waals surface area contributed by atoms with Gasteiger partial charge in [0.1, 0.15) is 11.4 Å². The molecule has 5 nitrogen and oxygen atoms in total. The molecule has 0 radical (unpaired) electrons. The van der Waals surface area contributed by atoms with Crippen molar-refractivity contribution < 1.29 is 27.4 Å². The van der Waals surface area contributed by atoms with E-state index in [0.717, 1.165) is 5.56 Å². The van der Waals surface area contributed by atoms with Crippen molar-refractivity contribution in [3.05, 3.63) is 23.8 Å². The molecule has 0 aromatic heterocycles. The molecule has 0 bridgehead atoms. The Balaban J connectivity index is 1.98. The highest BCUT2D eigenvalue weighted by Gasteiger charge is 2.30. The Bertz CT molecular complexity index is 634. The van der Waals surface area contributed by atoms with Gasteiger partial charge in [0.2, 0.25) is 0 Å². The van der Waals surface area contributed by atoms with E-state index in [1.165, 1.54) is 6.07 Å². The number of benzene rings is 1. The quantitative estimate of drug-likeness (QED) is 0.800. The largest absolute Gasteiger partial charge is 0.484 e. The van der Waals surface area contributed by atoms with E-state index in [-0.39, 0.29) is 17.8 Å². The number of anilines is 1. The molecule has 1 heterocycles. The molecular weight excluding hydrogens is 349 g/mol. The fraction of sp³-hybridized carbons (Fsp3) is 0.611. The third-order valence-electron chi connectivity index (χ3n) is 3.97. The summed E-state index contributed by atoms with van der Waals surface area (Å²) in [7, 11) is 0. The first kappa shape index (κ1) is 20.2. The number of nitrogen functional groups attached to an aromatic ring is 1. The number of ether oxygens (including phenoxy) is 2. The number of amides is 1. The smallest absolute Gasteiger partial charge is 0.422 e. The van der Waals surface area contributed by atoms with Crippen LogP contribution in [0.15, 0.2) is 18.2 Å². The normalized spacial score (nSPS) is 16.5. The van der Waals surface area contributed by atoms with Crippen molar-refractivity contribution in [1.29, 1.82) is 0 Å². The first-order chi connectivity index (χ1) is 11.9. The predicted molar refractivity (Wildman–Crippen MR) is 92.2 cm³/mol. The van der Waals surface area contributed by atoms with Gasteiger partial charge in [0.15, 0.2) is 6.61 Å². The van der Waals surface area contributed by atoms with Crippen LogP contribution < -0.4 is 10.5 Å². The highest BCUT2D eigenvalue weighted by molar-refractivity contribution is 5.68. The molecule has 0 saturated carbocycles. The first-order valence-electron chi connectivity index (χ1n) is 8.51. The number of likely N-dealkylation sites (tertiary alicyclic amines) is 1. The van der Waals surface area contributed by atoms with Crippen LogP contribution in [-0.4, -0.2) is 42.5 Å². The van der Waals surface area contributed by atoms with E-state index in [9.17, 15) is 18.0 Å². The Hall–Kier alpha value is -2.12. The number of alkyl halides is 3. The van der Waals surface area contributed by atoms with Gasteiger partial charge in [-0.1, -0.05) is 0 Å². The van der Waals surface area contributed by atoms with Crippen LogP contribution in [-0.2, 0) is 4.74 Å². The summed E-state index contributed by atoms with van der Waals surface area (Å²) in [5.41, 5.74) is 6.44. The van der Waals surface area contributed by atoms with Crippen molar-refractivity contribution in [2.24, 2.45) is 0 Å². The summed E-state index contributed by atoms with van der Waals surface area (Å²) in [6.45, 7) is 5.12. The highest BCUT2D eigenvalue weighted by Crippen LogP contribution is 2.33. The zero-order valence-corrected chi connectivity index (χ0v) is 15.2. The Kier molecular flexibility index (Phi) is 5.93. The molecule has 2 N–H and O–H groups in total. The van der Waals surface area contributed by atoms with E-state index in [1.54, 1.807) is 17.0 Å². The van der Waals surface area contributed by atoms with E-state index in [1.807, 2.05) is 20.8 Å². The fourth-order valence-electron chi connectivity index (χ4n) is 2.85. The van der Waals surface area contributed by atoms with Crippen LogP contribution in [0, 0.1) is 0 Å². The maximum Gasteiger partial charge on any atom is 0.422 e. The van der Waals surface area contributed by atoms with Gasteiger partial charge in [0.25, 0.3) is 0 Å². The van der Waals surface area contributed by atoms with Gasteiger partial charge in [0, 0.05) is 24.8 Å². The fourth-order valence-corrected chi connectivity index (χ4v) is 2.85. The SMILES string of the molecule is CC(C)(C)OC(=O)N1CCC(c2cc(N)cc(OCC(F)(F)F)c2)CC1. The van der Waals surface area contributed by atoms with Gasteiger partial charge in [0.05, 0.1) is 0 Å².